The van der Waals surface area contributed by atoms with Crippen molar-refractivity contribution in [2.75, 3.05) is 0 Å². The average Bonchev–Trinajstić information content (AvgIpc) is 2.04. The second-order valence-electron chi connectivity index (χ2n) is 2.90. The largest absolute Gasteiger partial charge is 0.0985 e. The molecule has 1 aliphatic carbocycles. The van der Waals surface area contributed by atoms with Crippen molar-refractivity contribution in [2.24, 2.45) is 5.92 Å². The molecule has 0 saturated heterocycles. The summed E-state index contributed by atoms with van der Waals surface area (Å²) in [7, 11) is 0. The summed E-state index contributed by atoms with van der Waals surface area (Å²) < 4.78 is 0. The molecule has 0 aromatic heterocycles. The molecule has 1 unspecified atom stereocenters. The Balaban J connectivity index is 2.90. The van der Waals surface area contributed by atoms with Gasteiger partial charge in [0, 0.05) is 0 Å². The van der Waals surface area contributed by atoms with Gasteiger partial charge in [0.05, 0.1) is 0 Å². The molecule has 0 saturated carbocycles. The van der Waals surface area contributed by atoms with E-state index >= 15 is 0 Å². The summed E-state index contributed by atoms with van der Waals surface area (Å²) in [5, 5.41) is 0. The molecule has 0 bridgehead atoms. The Morgan fingerprint density at radius 3 is 2.55 bits per heavy atom. The molecule has 0 heteroatoms. The average molecular weight is 146 g/mol. The molecule has 58 valence electrons. The van der Waals surface area contributed by atoms with E-state index in [-0.39, 0.29) is 0 Å². The van der Waals surface area contributed by atoms with Crippen LogP contribution in [0.5, 0.6) is 0 Å². The predicted molar refractivity (Wildman–Crippen MR) is 50.3 cm³/mol. The first-order chi connectivity index (χ1) is 5.27. The topological polar surface area (TPSA) is 0 Å². The summed E-state index contributed by atoms with van der Waals surface area (Å²) in [6, 6.07) is 0. The molecule has 11 heavy (non-hydrogen) atoms. The Labute approximate surface area is 68.6 Å². The third kappa shape index (κ3) is 1.70. The second kappa shape index (κ2) is 3.38. The molecule has 0 aliphatic heterocycles. The summed E-state index contributed by atoms with van der Waals surface area (Å²) in [6.07, 6.45) is 9.36. The lowest BCUT2D eigenvalue weighted by atomic mass is 9.92. The monoisotopic (exact) mass is 146 g/mol. The van der Waals surface area contributed by atoms with Crippen LogP contribution in [0.4, 0.5) is 0 Å². The number of hydrogen-bond acceptors (Lipinski definition) is 0. The van der Waals surface area contributed by atoms with Crippen molar-refractivity contribution >= 4 is 0 Å². The molecule has 0 aromatic rings. The molecule has 0 N–H and O–H groups in total. The normalized spacial score (nSPS) is 23.5. The molecule has 0 aromatic carbocycles. The molecule has 0 nitrogen and oxygen atoms in total. The lowest BCUT2D eigenvalue weighted by molar-refractivity contribution is 0.728. The van der Waals surface area contributed by atoms with Crippen LogP contribution >= 0.6 is 0 Å². The third-order valence-electron chi connectivity index (χ3n) is 1.95. The maximum absolute atomic E-state index is 3.76. The van der Waals surface area contributed by atoms with Crippen LogP contribution in [0.15, 0.2) is 48.6 Å². The van der Waals surface area contributed by atoms with Gasteiger partial charge in [-0.2, -0.15) is 0 Å². The molecule has 0 heterocycles. The highest BCUT2D eigenvalue weighted by Gasteiger charge is 2.06. The highest BCUT2D eigenvalue weighted by molar-refractivity contribution is 5.47. The first-order valence-corrected chi connectivity index (χ1v) is 3.95. The summed E-state index contributed by atoms with van der Waals surface area (Å²) in [6.45, 7) is 9.72. The zero-order valence-corrected chi connectivity index (χ0v) is 7.01. The van der Waals surface area contributed by atoms with E-state index in [0.29, 0.717) is 5.92 Å². The molecule has 1 aliphatic rings. The van der Waals surface area contributed by atoms with Gasteiger partial charge < -0.3 is 0 Å². The molecule has 1 atom stereocenters. The molecular formula is C11H14. The quantitative estimate of drug-likeness (QED) is 0.561. The molecule has 0 radical (unpaired) electrons. The van der Waals surface area contributed by atoms with Crippen molar-refractivity contribution in [1.29, 1.82) is 0 Å². The first kappa shape index (κ1) is 8.06. The van der Waals surface area contributed by atoms with Crippen LogP contribution in [0.3, 0.4) is 0 Å². The summed E-state index contributed by atoms with van der Waals surface area (Å²) in [4.78, 5) is 0. The van der Waals surface area contributed by atoms with Crippen LogP contribution in [0, 0.1) is 5.92 Å². The highest BCUT2D eigenvalue weighted by atomic mass is 14.1. The summed E-state index contributed by atoms with van der Waals surface area (Å²) in [5.74, 6) is 0.645. The SMILES string of the molecule is C=CC1=CCC(C)C=C1C=C. The van der Waals surface area contributed by atoms with Gasteiger partial charge >= 0.3 is 0 Å². The van der Waals surface area contributed by atoms with Gasteiger partial charge in [-0.05, 0) is 23.5 Å². The summed E-state index contributed by atoms with van der Waals surface area (Å²) >= 11 is 0. The van der Waals surface area contributed by atoms with E-state index in [9.17, 15) is 0 Å². The van der Waals surface area contributed by atoms with Gasteiger partial charge in [0.25, 0.3) is 0 Å². The molecule has 1 rings (SSSR count). The smallest absolute Gasteiger partial charge is 0.0218 e. The maximum atomic E-state index is 3.76. The van der Waals surface area contributed by atoms with E-state index in [2.05, 4.69) is 32.2 Å². The minimum absolute atomic E-state index is 0.645. The standard InChI is InChI=1S/C11H14/c1-4-10-7-6-9(3)8-11(10)5-2/h4-5,7-9H,1-2,6H2,3H3. The van der Waals surface area contributed by atoms with Crippen LogP contribution in [0.2, 0.25) is 0 Å². The van der Waals surface area contributed by atoms with E-state index in [1.54, 1.807) is 0 Å². The minimum atomic E-state index is 0.645. The zero-order chi connectivity index (χ0) is 8.27. The Morgan fingerprint density at radius 1 is 1.36 bits per heavy atom. The number of hydrogen-bond donors (Lipinski definition) is 0. The van der Waals surface area contributed by atoms with Crippen molar-refractivity contribution in [3.8, 4) is 0 Å². The minimum Gasteiger partial charge on any atom is -0.0985 e. The van der Waals surface area contributed by atoms with E-state index in [0.717, 1.165) is 6.42 Å². The van der Waals surface area contributed by atoms with Crippen LogP contribution in [0.1, 0.15) is 13.3 Å². The third-order valence-corrected chi connectivity index (χ3v) is 1.95. The van der Waals surface area contributed by atoms with Gasteiger partial charge in [0.2, 0.25) is 0 Å². The van der Waals surface area contributed by atoms with Crippen LogP contribution in [0.25, 0.3) is 0 Å². The lowest BCUT2D eigenvalue weighted by Crippen LogP contribution is -1.97. The number of allylic oxidation sites excluding steroid dienone is 6. The van der Waals surface area contributed by atoms with Crippen molar-refractivity contribution in [1.82, 2.24) is 0 Å². The van der Waals surface area contributed by atoms with Gasteiger partial charge in [0.15, 0.2) is 0 Å². The van der Waals surface area contributed by atoms with Gasteiger partial charge in [-0.3, -0.25) is 0 Å². The number of rotatable bonds is 2. The fraction of sp³-hybridized carbons (Fsp3) is 0.273. The van der Waals surface area contributed by atoms with E-state index in [1.165, 1.54) is 11.1 Å². The van der Waals surface area contributed by atoms with E-state index < -0.39 is 0 Å². The van der Waals surface area contributed by atoms with Crippen molar-refractivity contribution in [2.45, 2.75) is 13.3 Å². The van der Waals surface area contributed by atoms with Gasteiger partial charge in [-0.25, -0.2) is 0 Å². The fourth-order valence-corrected chi connectivity index (χ4v) is 1.29. The fourth-order valence-electron chi connectivity index (χ4n) is 1.29. The van der Waals surface area contributed by atoms with Gasteiger partial charge in [-0.1, -0.05) is 44.4 Å². The Kier molecular flexibility index (Phi) is 2.48. The van der Waals surface area contributed by atoms with Gasteiger partial charge in [0.1, 0.15) is 0 Å². The van der Waals surface area contributed by atoms with Crippen LogP contribution in [-0.4, -0.2) is 0 Å². The highest BCUT2D eigenvalue weighted by Crippen LogP contribution is 2.23. The van der Waals surface area contributed by atoms with Crippen molar-refractivity contribution in [3.05, 3.63) is 48.6 Å². The Morgan fingerprint density at radius 2 is 2.00 bits per heavy atom. The molecule has 0 spiro atoms. The zero-order valence-electron chi connectivity index (χ0n) is 7.01. The second-order valence-corrected chi connectivity index (χ2v) is 2.90. The molecular weight excluding hydrogens is 132 g/mol. The molecule has 0 fully saturated rings. The maximum Gasteiger partial charge on any atom is -0.0218 e. The Bertz CT molecular complexity index is 228. The first-order valence-electron chi connectivity index (χ1n) is 3.95. The van der Waals surface area contributed by atoms with E-state index in [1.807, 2.05) is 12.2 Å². The Hall–Kier alpha value is -1.04. The summed E-state index contributed by atoms with van der Waals surface area (Å²) in [5.41, 5.74) is 2.44. The van der Waals surface area contributed by atoms with Crippen LogP contribution in [-0.2, 0) is 0 Å². The lowest BCUT2D eigenvalue weighted by Gasteiger charge is -2.14. The predicted octanol–water partition coefficient (Wildman–Crippen LogP) is 3.25. The van der Waals surface area contributed by atoms with Gasteiger partial charge in [-0.15, -0.1) is 0 Å². The van der Waals surface area contributed by atoms with Crippen molar-refractivity contribution in [3.63, 3.8) is 0 Å². The van der Waals surface area contributed by atoms with E-state index in [4.69, 9.17) is 0 Å². The van der Waals surface area contributed by atoms with Crippen LogP contribution < -0.4 is 0 Å². The van der Waals surface area contributed by atoms with Crippen molar-refractivity contribution < 1.29 is 0 Å². The molecule has 0 amide bonds.